The Morgan fingerprint density at radius 1 is 0.917 bits per heavy atom. The molecular formula is C20H25NO2S. The van der Waals surface area contributed by atoms with Crippen molar-refractivity contribution in [3.8, 4) is 11.1 Å². The molecule has 4 heteroatoms. The van der Waals surface area contributed by atoms with E-state index in [0.29, 0.717) is 16.2 Å². The quantitative estimate of drug-likeness (QED) is 0.571. The van der Waals surface area contributed by atoms with E-state index in [1.165, 1.54) is 11.8 Å². The van der Waals surface area contributed by atoms with Gasteiger partial charge in [0.05, 0.1) is 5.03 Å². The minimum absolute atomic E-state index is 0.432. The first kappa shape index (κ1) is 21.7. The van der Waals surface area contributed by atoms with Crippen molar-refractivity contribution < 1.29 is 9.59 Å². The van der Waals surface area contributed by atoms with Crippen LogP contribution in [0.3, 0.4) is 0 Å². The number of benzene rings is 2. The summed E-state index contributed by atoms with van der Waals surface area (Å²) in [5.41, 5.74) is 8.72. The van der Waals surface area contributed by atoms with Gasteiger partial charge in [-0.05, 0) is 23.3 Å². The molecule has 0 heterocycles. The average Bonchev–Trinajstić information content (AvgIpc) is 2.64. The molecule has 0 bridgehead atoms. The fourth-order valence-electron chi connectivity index (χ4n) is 1.80. The first-order valence-electron chi connectivity index (χ1n) is 7.91. The van der Waals surface area contributed by atoms with Crippen molar-refractivity contribution >= 4 is 24.3 Å². The van der Waals surface area contributed by atoms with Crippen LogP contribution in [0.15, 0.2) is 59.0 Å². The van der Waals surface area contributed by atoms with E-state index in [0.717, 1.165) is 28.6 Å². The lowest BCUT2D eigenvalue weighted by atomic mass is 10.0. The molecule has 0 aliphatic carbocycles. The molecule has 0 atom stereocenters. The van der Waals surface area contributed by atoms with Gasteiger partial charge in [-0.1, -0.05) is 76.4 Å². The van der Waals surface area contributed by atoms with E-state index in [9.17, 15) is 9.59 Å². The maximum Gasteiger partial charge on any atom is 0.151 e. The summed E-state index contributed by atoms with van der Waals surface area (Å²) >= 11 is 1.26. The Morgan fingerprint density at radius 3 is 1.92 bits per heavy atom. The first-order valence-corrected chi connectivity index (χ1v) is 8.73. The van der Waals surface area contributed by atoms with Crippen LogP contribution < -0.4 is 5.73 Å². The largest absolute Gasteiger partial charge is 0.394 e. The number of carbonyl (C=O) groups excluding carboxylic acids is 2. The number of aldehydes is 2. The number of hydrogen-bond donors (Lipinski definition) is 1. The van der Waals surface area contributed by atoms with E-state index in [1.54, 1.807) is 18.2 Å². The molecule has 0 radical (unpaired) electrons. The number of hydrogen-bond acceptors (Lipinski definition) is 4. The lowest BCUT2D eigenvalue weighted by Gasteiger charge is -2.08. The van der Waals surface area contributed by atoms with E-state index in [1.807, 2.05) is 52.0 Å². The second kappa shape index (κ2) is 12.1. The second-order valence-corrected chi connectivity index (χ2v) is 5.35. The van der Waals surface area contributed by atoms with Gasteiger partial charge in [-0.3, -0.25) is 9.59 Å². The highest BCUT2D eigenvalue weighted by atomic mass is 32.2. The van der Waals surface area contributed by atoms with E-state index in [4.69, 9.17) is 5.73 Å². The van der Waals surface area contributed by atoms with Crippen molar-refractivity contribution in [2.45, 2.75) is 32.6 Å². The molecule has 2 aromatic rings. The molecule has 0 aliphatic rings. The molecule has 2 aromatic carbocycles. The third-order valence-electron chi connectivity index (χ3n) is 2.76. The topological polar surface area (TPSA) is 60.2 Å². The molecule has 0 unspecified atom stereocenters. The summed E-state index contributed by atoms with van der Waals surface area (Å²) in [6.45, 7) is 11.6. The third-order valence-corrected chi connectivity index (χ3v) is 3.60. The van der Waals surface area contributed by atoms with Gasteiger partial charge in [0.15, 0.2) is 6.29 Å². The Morgan fingerprint density at radius 2 is 1.46 bits per heavy atom. The predicted octanol–water partition coefficient (Wildman–Crippen LogP) is 5.55. The molecular weight excluding hydrogens is 318 g/mol. The van der Waals surface area contributed by atoms with Crippen LogP contribution in [0.25, 0.3) is 11.1 Å². The fraction of sp³-hybridized carbons (Fsp3) is 0.200. The van der Waals surface area contributed by atoms with Gasteiger partial charge in [-0.2, -0.15) is 0 Å². The van der Waals surface area contributed by atoms with Crippen molar-refractivity contribution in [1.82, 2.24) is 0 Å². The Labute approximate surface area is 149 Å². The number of rotatable bonds is 5. The van der Waals surface area contributed by atoms with Crippen molar-refractivity contribution in [1.29, 1.82) is 0 Å². The molecule has 2 N–H and O–H groups in total. The summed E-state index contributed by atoms with van der Waals surface area (Å²) in [6, 6.07) is 12.7. The summed E-state index contributed by atoms with van der Waals surface area (Å²) in [4.78, 5) is 22.4. The van der Waals surface area contributed by atoms with Gasteiger partial charge in [0.1, 0.15) is 6.29 Å². The highest BCUT2D eigenvalue weighted by Gasteiger charge is 2.06. The van der Waals surface area contributed by atoms with Crippen molar-refractivity contribution in [3.63, 3.8) is 0 Å². The molecule has 0 amide bonds. The Balaban J connectivity index is 0.00000123. The zero-order valence-corrected chi connectivity index (χ0v) is 15.5. The van der Waals surface area contributed by atoms with Crippen LogP contribution in [0.4, 0.5) is 0 Å². The van der Waals surface area contributed by atoms with Crippen molar-refractivity contribution in [3.05, 3.63) is 65.2 Å². The highest BCUT2D eigenvalue weighted by Crippen LogP contribution is 2.30. The summed E-state index contributed by atoms with van der Waals surface area (Å²) in [6.07, 6.45) is 1.60. The number of nitrogens with two attached hydrogens (primary N) is 1. The molecule has 0 saturated carbocycles. The van der Waals surface area contributed by atoms with Gasteiger partial charge in [0.25, 0.3) is 0 Å². The monoisotopic (exact) mass is 343 g/mol. The van der Waals surface area contributed by atoms with E-state index >= 15 is 0 Å². The van der Waals surface area contributed by atoms with Crippen molar-refractivity contribution in [2.75, 3.05) is 0 Å². The van der Waals surface area contributed by atoms with Crippen LogP contribution in [-0.4, -0.2) is 12.6 Å². The van der Waals surface area contributed by atoms with Gasteiger partial charge in [-0.25, -0.2) is 0 Å². The first-order chi connectivity index (χ1) is 11.6. The summed E-state index contributed by atoms with van der Waals surface area (Å²) in [5.74, 6) is 0. The maximum absolute atomic E-state index is 11.0. The zero-order chi connectivity index (χ0) is 18.5. The van der Waals surface area contributed by atoms with Crippen LogP contribution >= 0.6 is 11.8 Å². The molecule has 0 saturated heterocycles. The highest BCUT2D eigenvalue weighted by molar-refractivity contribution is 8.03. The normalized spacial score (nSPS) is 8.83. The van der Waals surface area contributed by atoms with Crippen LogP contribution in [0.2, 0.25) is 0 Å². The van der Waals surface area contributed by atoms with E-state index < -0.39 is 0 Å². The minimum Gasteiger partial charge on any atom is -0.394 e. The predicted molar refractivity (Wildman–Crippen MR) is 105 cm³/mol. The molecule has 0 fully saturated rings. The Hall–Kier alpha value is -2.33. The summed E-state index contributed by atoms with van der Waals surface area (Å²) < 4.78 is 0. The van der Waals surface area contributed by atoms with Gasteiger partial charge >= 0.3 is 0 Å². The lowest BCUT2D eigenvalue weighted by Crippen LogP contribution is -1.92. The fourth-order valence-corrected chi connectivity index (χ4v) is 2.50. The van der Waals surface area contributed by atoms with E-state index in [-0.39, 0.29) is 0 Å². The molecule has 0 spiro atoms. The van der Waals surface area contributed by atoms with Crippen LogP contribution in [0.1, 0.15) is 48.4 Å². The van der Waals surface area contributed by atoms with Crippen molar-refractivity contribution in [2.24, 2.45) is 5.73 Å². The molecule has 0 aliphatic heterocycles. The zero-order valence-electron chi connectivity index (χ0n) is 14.7. The van der Waals surface area contributed by atoms with Gasteiger partial charge in [0.2, 0.25) is 0 Å². The van der Waals surface area contributed by atoms with E-state index in [2.05, 4.69) is 6.58 Å². The van der Waals surface area contributed by atoms with Gasteiger partial charge in [-0.15, -0.1) is 0 Å². The Kier molecular flexibility index (Phi) is 11.0. The molecule has 0 aromatic heterocycles. The van der Waals surface area contributed by atoms with Crippen LogP contribution in [-0.2, 0) is 0 Å². The smallest absolute Gasteiger partial charge is 0.151 e. The van der Waals surface area contributed by atoms with Gasteiger partial charge < -0.3 is 5.73 Å². The maximum atomic E-state index is 11.0. The number of thioether (sulfide) groups is 1. The second-order valence-electron chi connectivity index (χ2n) is 4.18. The van der Waals surface area contributed by atoms with Gasteiger partial charge in [0, 0.05) is 16.0 Å². The number of carbonyl (C=O) groups is 2. The van der Waals surface area contributed by atoms with Crippen LogP contribution in [0.5, 0.6) is 0 Å². The van der Waals surface area contributed by atoms with Crippen LogP contribution in [0, 0.1) is 0 Å². The lowest BCUT2D eigenvalue weighted by molar-refractivity contribution is 0.111. The molecule has 3 nitrogen and oxygen atoms in total. The summed E-state index contributed by atoms with van der Waals surface area (Å²) in [5, 5.41) is 0.432. The molecule has 2 rings (SSSR count). The average molecular weight is 343 g/mol. The Bertz CT molecular complexity index is 664. The molecule has 24 heavy (non-hydrogen) atoms. The SMILES string of the molecule is C=C(N)Sc1cc(-c2ccc(C=O)cc2)ccc1C=O.CC.CC. The minimum atomic E-state index is 0.432. The standard InChI is InChI=1S/C16H13NO2S.2C2H6/c1-11(17)20-16-8-14(6-7-15(16)10-19)13-4-2-12(9-18)3-5-13;2*1-2/h2-10H,1,17H2;2*1-2H3. The summed E-state index contributed by atoms with van der Waals surface area (Å²) in [7, 11) is 0. The third kappa shape index (κ3) is 6.42. The molecule has 128 valence electrons.